The van der Waals surface area contributed by atoms with Crippen molar-refractivity contribution in [3.05, 3.63) is 33.9 Å². The van der Waals surface area contributed by atoms with Gasteiger partial charge in [0, 0.05) is 12.1 Å². The molecule has 104 valence electrons. The Balaban J connectivity index is 2.21. The largest absolute Gasteiger partial charge is 0.482 e. The van der Waals surface area contributed by atoms with E-state index in [1.54, 1.807) is 12.1 Å². The van der Waals surface area contributed by atoms with Crippen LogP contribution in [0.2, 0.25) is 0 Å². The molecule has 0 aromatic heterocycles. The third-order valence-electron chi connectivity index (χ3n) is 3.59. The van der Waals surface area contributed by atoms with Gasteiger partial charge < -0.3 is 10.5 Å². The van der Waals surface area contributed by atoms with Crippen LogP contribution in [0.1, 0.15) is 37.7 Å². The quantitative estimate of drug-likeness (QED) is 0.517. The Morgan fingerprint density at radius 1 is 1.32 bits per heavy atom. The number of ether oxygens (including phenoxy) is 1. The highest BCUT2D eigenvalue weighted by atomic mass is 16.6. The fourth-order valence-electron chi connectivity index (χ4n) is 2.48. The lowest BCUT2D eigenvalue weighted by molar-refractivity contribution is -0.386. The van der Waals surface area contributed by atoms with Gasteiger partial charge in [-0.25, -0.2) is 0 Å². The van der Waals surface area contributed by atoms with Crippen molar-refractivity contribution in [3.63, 3.8) is 0 Å². The van der Waals surface area contributed by atoms with Crippen LogP contribution in [0.15, 0.2) is 18.2 Å². The van der Waals surface area contributed by atoms with Gasteiger partial charge in [0.2, 0.25) is 0 Å². The van der Waals surface area contributed by atoms with Gasteiger partial charge in [-0.1, -0.05) is 18.9 Å². The molecule has 2 N–H and O–H groups in total. The second kappa shape index (κ2) is 6.02. The average molecular weight is 264 g/mol. The van der Waals surface area contributed by atoms with Gasteiger partial charge in [0.15, 0.2) is 5.75 Å². The number of nitrogens with two attached hydrogens (primary N) is 1. The number of nitrogens with zero attached hydrogens (tertiary/aromatic N) is 1. The van der Waals surface area contributed by atoms with Crippen LogP contribution in [0.4, 0.5) is 5.69 Å². The van der Waals surface area contributed by atoms with E-state index in [4.69, 9.17) is 10.5 Å². The maximum atomic E-state index is 11.0. The fourth-order valence-corrected chi connectivity index (χ4v) is 2.48. The first-order chi connectivity index (χ1) is 9.08. The van der Waals surface area contributed by atoms with Crippen molar-refractivity contribution in [1.82, 2.24) is 0 Å². The highest BCUT2D eigenvalue weighted by Crippen LogP contribution is 2.31. The zero-order valence-electron chi connectivity index (χ0n) is 11.2. The molecule has 1 aromatic carbocycles. The monoisotopic (exact) mass is 264 g/mol. The van der Waals surface area contributed by atoms with E-state index in [1.807, 2.05) is 6.92 Å². The van der Waals surface area contributed by atoms with Crippen LogP contribution in [0.3, 0.4) is 0 Å². The van der Waals surface area contributed by atoms with Gasteiger partial charge >= 0.3 is 5.69 Å². The molecule has 2 unspecified atom stereocenters. The normalized spacial score (nSPS) is 23.7. The molecule has 19 heavy (non-hydrogen) atoms. The molecule has 0 amide bonds. The predicted octanol–water partition coefficient (Wildman–Crippen LogP) is 2.94. The summed E-state index contributed by atoms with van der Waals surface area (Å²) in [5.74, 6) is 0.340. The van der Waals surface area contributed by atoms with E-state index in [2.05, 4.69) is 0 Å². The summed E-state index contributed by atoms with van der Waals surface area (Å²) < 4.78 is 5.85. The number of benzene rings is 1. The van der Waals surface area contributed by atoms with Crippen molar-refractivity contribution < 1.29 is 9.66 Å². The molecule has 0 heterocycles. The van der Waals surface area contributed by atoms with Gasteiger partial charge in [-0.3, -0.25) is 10.1 Å². The van der Waals surface area contributed by atoms with Crippen molar-refractivity contribution in [2.45, 2.75) is 51.2 Å². The van der Waals surface area contributed by atoms with Crippen LogP contribution in [-0.2, 0) is 0 Å². The SMILES string of the molecule is Cc1ccc([N+](=O)[O-])c(OC2CCCCCC2N)c1. The summed E-state index contributed by atoms with van der Waals surface area (Å²) in [6.07, 6.45) is 5.00. The minimum Gasteiger partial charge on any atom is -0.482 e. The lowest BCUT2D eigenvalue weighted by Crippen LogP contribution is -2.38. The molecule has 1 aromatic rings. The second-order valence-electron chi connectivity index (χ2n) is 5.19. The Labute approximate surface area is 112 Å². The van der Waals surface area contributed by atoms with E-state index in [0.717, 1.165) is 37.7 Å². The van der Waals surface area contributed by atoms with Crippen molar-refractivity contribution in [2.24, 2.45) is 5.73 Å². The summed E-state index contributed by atoms with van der Waals surface area (Å²) in [6, 6.07) is 4.89. The number of hydrogen-bond donors (Lipinski definition) is 1. The van der Waals surface area contributed by atoms with Gasteiger partial charge in [0.25, 0.3) is 0 Å². The van der Waals surface area contributed by atoms with Crippen LogP contribution in [0, 0.1) is 17.0 Å². The smallest absolute Gasteiger partial charge is 0.310 e. The predicted molar refractivity (Wildman–Crippen MR) is 73.3 cm³/mol. The zero-order valence-corrected chi connectivity index (χ0v) is 11.2. The van der Waals surface area contributed by atoms with Crippen molar-refractivity contribution in [3.8, 4) is 5.75 Å². The molecule has 1 aliphatic rings. The second-order valence-corrected chi connectivity index (χ2v) is 5.19. The number of rotatable bonds is 3. The molecule has 0 bridgehead atoms. The van der Waals surface area contributed by atoms with Gasteiger partial charge in [-0.2, -0.15) is 0 Å². The van der Waals surface area contributed by atoms with Crippen molar-refractivity contribution >= 4 is 5.69 Å². The average Bonchev–Trinajstić information content (AvgIpc) is 2.55. The summed E-state index contributed by atoms with van der Waals surface area (Å²) in [6.45, 7) is 1.89. The van der Waals surface area contributed by atoms with E-state index < -0.39 is 4.92 Å². The maximum absolute atomic E-state index is 11.0. The van der Waals surface area contributed by atoms with Crippen LogP contribution in [0.5, 0.6) is 5.75 Å². The minimum atomic E-state index is -0.406. The highest BCUT2D eigenvalue weighted by Gasteiger charge is 2.25. The lowest BCUT2D eigenvalue weighted by atomic mass is 10.1. The highest BCUT2D eigenvalue weighted by molar-refractivity contribution is 5.48. The third-order valence-corrected chi connectivity index (χ3v) is 3.59. The maximum Gasteiger partial charge on any atom is 0.310 e. The number of hydrogen-bond acceptors (Lipinski definition) is 4. The standard InChI is InChI=1S/C14H20N2O3/c1-10-7-8-12(16(17)18)14(9-10)19-13-6-4-2-3-5-11(13)15/h7-9,11,13H,2-6,15H2,1H3. The van der Waals surface area contributed by atoms with E-state index in [-0.39, 0.29) is 17.8 Å². The van der Waals surface area contributed by atoms with Crippen LogP contribution in [-0.4, -0.2) is 17.1 Å². The molecule has 0 radical (unpaired) electrons. The third kappa shape index (κ3) is 3.44. The number of nitro benzene ring substituents is 1. The fraction of sp³-hybridized carbons (Fsp3) is 0.571. The molecule has 1 aliphatic carbocycles. The molecule has 0 spiro atoms. The lowest BCUT2D eigenvalue weighted by Gasteiger charge is -2.22. The summed E-state index contributed by atoms with van der Waals surface area (Å²) in [5.41, 5.74) is 7.06. The molecule has 2 rings (SSSR count). The Bertz CT molecular complexity index is 462. The molecule has 2 atom stereocenters. The molecule has 0 aliphatic heterocycles. The van der Waals surface area contributed by atoms with E-state index in [0.29, 0.717) is 5.75 Å². The minimum absolute atomic E-state index is 0.0158. The molecular formula is C14H20N2O3. The Morgan fingerprint density at radius 2 is 2.05 bits per heavy atom. The first kappa shape index (κ1) is 13.8. The molecule has 5 nitrogen and oxygen atoms in total. The van der Waals surface area contributed by atoms with Crippen molar-refractivity contribution in [1.29, 1.82) is 0 Å². The molecule has 1 saturated carbocycles. The van der Waals surface area contributed by atoms with Crippen LogP contribution >= 0.6 is 0 Å². The van der Waals surface area contributed by atoms with Crippen LogP contribution < -0.4 is 10.5 Å². The molecular weight excluding hydrogens is 244 g/mol. The summed E-state index contributed by atoms with van der Waals surface area (Å²) in [4.78, 5) is 10.6. The van der Waals surface area contributed by atoms with Gasteiger partial charge in [0.05, 0.1) is 4.92 Å². The summed E-state index contributed by atoms with van der Waals surface area (Å²) in [7, 11) is 0. The molecule has 0 saturated heterocycles. The van der Waals surface area contributed by atoms with Crippen LogP contribution in [0.25, 0.3) is 0 Å². The van der Waals surface area contributed by atoms with E-state index in [9.17, 15) is 10.1 Å². The zero-order chi connectivity index (χ0) is 13.8. The molecule has 5 heteroatoms. The first-order valence-electron chi connectivity index (χ1n) is 6.75. The topological polar surface area (TPSA) is 78.4 Å². The first-order valence-corrected chi connectivity index (χ1v) is 6.75. The Kier molecular flexibility index (Phi) is 4.37. The van der Waals surface area contributed by atoms with Gasteiger partial charge in [-0.15, -0.1) is 0 Å². The van der Waals surface area contributed by atoms with E-state index >= 15 is 0 Å². The Morgan fingerprint density at radius 3 is 2.79 bits per heavy atom. The Hall–Kier alpha value is -1.62. The molecule has 1 fully saturated rings. The summed E-state index contributed by atoms with van der Waals surface area (Å²) >= 11 is 0. The van der Waals surface area contributed by atoms with Gasteiger partial charge in [0.1, 0.15) is 6.10 Å². The van der Waals surface area contributed by atoms with Crippen molar-refractivity contribution in [2.75, 3.05) is 0 Å². The van der Waals surface area contributed by atoms with Gasteiger partial charge in [-0.05, 0) is 37.8 Å². The number of aryl methyl sites for hydroxylation is 1. The summed E-state index contributed by atoms with van der Waals surface area (Å²) in [5, 5.41) is 11.0. The van der Waals surface area contributed by atoms with E-state index in [1.165, 1.54) is 6.07 Å². The number of nitro groups is 1.